The summed E-state index contributed by atoms with van der Waals surface area (Å²) in [6, 6.07) is 12.7. The molecule has 0 aliphatic rings. The van der Waals surface area contributed by atoms with Gasteiger partial charge in [-0.1, -0.05) is 17.7 Å². The monoisotopic (exact) mass is 367 g/mol. The molecule has 3 rings (SSSR count). The zero-order chi connectivity index (χ0) is 18.5. The lowest BCUT2D eigenvalue weighted by Gasteiger charge is -2.11. The van der Waals surface area contributed by atoms with Gasteiger partial charge in [-0.25, -0.2) is 9.97 Å². The summed E-state index contributed by atoms with van der Waals surface area (Å²) in [4.78, 5) is 25.3. The van der Waals surface area contributed by atoms with Gasteiger partial charge in [-0.15, -0.1) is 0 Å². The zero-order valence-electron chi connectivity index (χ0n) is 14.5. The van der Waals surface area contributed by atoms with Gasteiger partial charge in [0, 0.05) is 22.6 Å². The molecule has 7 heteroatoms. The maximum Gasteiger partial charge on any atom is 0.270 e. The summed E-state index contributed by atoms with van der Waals surface area (Å²) < 4.78 is 0. The Hall–Kier alpha value is -2.99. The van der Waals surface area contributed by atoms with E-state index >= 15 is 0 Å². The van der Waals surface area contributed by atoms with Crippen LogP contribution in [0.15, 0.2) is 48.7 Å². The number of aryl methyl sites for hydroxylation is 2. The van der Waals surface area contributed by atoms with Crippen LogP contribution in [0.5, 0.6) is 0 Å². The predicted molar refractivity (Wildman–Crippen MR) is 102 cm³/mol. The van der Waals surface area contributed by atoms with Crippen LogP contribution >= 0.6 is 11.6 Å². The van der Waals surface area contributed by atoms with Crippen LogP contribution in [-0.4, -0.2) is 20.9 Å². The number of halogens is 1. The lowest BCUT2D eigenvalue weighted by Crippen LogP contribution is -2.24. The van der Waals surface area contributed by atoms with Gasteiger partial charge >= 0.3 is 0 Å². The Balaban J connectivity index is 1.75. The molecule has 0 aliphatic heterocycles. The normalized spacial score (nSPS) is 10.4. The van der Waals surface area contributed by atoms with Gasteiger partial charge in [0.1, 0.15) is 5.69 Å². The lowest BCUT2D eigenvalue weighted by atomic mass is 10.2. The highest BCUT2D eigenvalue weighted by molar-refractivity contribution is 6.30. The predicted octanol–water partition coefficient (Wildman–Crippen LogP) is 3.82. The number of aromatic nitrogens is 3. The van der Waals surface area contributed by atoms with Crippen molar-refractivity contribution in [2.24, 2.45) is 0 Å². The van der Waals surface area contributed by atoms with Crippen LogP contribution in [0.1, 0.15) is 27.4 Å². The van der Waals surface area contributed by atoms with Crippen LogP contribution in [0, 0.1) is 13.8 Å². The van der Waals surface area contributed by atoms with Crippen molar-refractivity contribution in [2.45, 2.75) is 20.4 Å². The van der Waals surface area contributed by atoms with E-state index in [0.717, 1.165) is 16.9 Å². The largest absolute Gasteiger partial charge is 0.345 e. The van der Waals surface area contributed by atoms with Crippen molar-refractivity contribution in [3.05, 3.63) is 76.3 Å². The summed E-state index contributed by atoms with van der Waals surface area (Å²) >= 11 is 5.98. The third kappa shape index (κ3) is 4.55. The fourth-order valence-corrected chi connectivity index (χ4v) is 2.62. The van der Waals surface area contributed by atoms with E-state index in [9.17, 15) is 4.79 Å². The SMILES string of the molecule is Cc1cc(C(=O)NCc2ccccn2)nc(Nc2ccc(Cl)cc2C)n1. The first-order chi connectivity index (χ1) is 12.5. The highest BCUT2D eigenvalue weighted by Crippen LogP contribution is 2.22. The molecule has 0 saturated heterocycles. The molecule has 0 aliphatic carbocycles. The van der Waals surface area contributed by atoms with Crippen molar-refractivity contribution in [1.82, 2.24) is 20.3 Å². The molecule has 3 aromatic rings. The second-order valence-corrected chi connectivity index (χ2v) is 6.24. The summed E-state index contributed by atoms with van der Waals surface area (Å²) in [7, 11) is 0. The molecule has 26 heavy (non-hydrogen) atoms. The molecule has 0 bridgehead atoms. The summed E-state index contributed by atoms with van der Waals surface area (Å²) in [6.07, 6.45) is 1.69. The van der Waals surface area contributed by atoms with E-state index in [-0.39, 0.29) is 5.91 Å². The number of hydrogen-bond donors (Lipinski definition) is 2. The van der Waals surface area contributed by atoms with Gasteiger partial charge in [-0.2, -0.15) is 0 Å². The van der Waals surface area contributed by atoms with Crippen LogP contribution in [0.2, 0.25) is 5.02 Å². The van der Waals surface area contributed by atoms with Gasteiger partial charge in [0.2, 0.25) is 5.95 Å². The average Bonchev–Trinajstić information content (AvgIpc) is 2.62. The smallest absolute Gasteiger partial charge is 0.270 e. The molecular weight excluding hydrogens is 350 g/mol. The Bertz CT molecular complexity index is 930. The van der Waals surface area contributed by atoms with Crippen molar-refractivity contribution in [3.63, 3.8) is 0 Å². The second-order valence-electron chi connectivity index (χ2n) is 5.81. The fraction of sp³-hybridized carbons (Fsp3) is 0.158. The Morgan fingerprint density at radius 3 is 2.69 bits per heavy atom. The number of nitrogens with one attached hydrogen (secondary N) is 2. The van der Waals surface area contributed by atoms with Gasteiger partial charge in [-0.05, 0) is 55.8 Å². The van der Waals surface area contributed by atoms with Crippen LogP contribution in [0.25, 0.3) is 0 Å². The first kappa shape index (κ1) is 17.8. The summed E-state index contributed by atoms with van der Waals surface area (Å²) in [6.45, 7) is 4.09. The molecule has 1 amide bonds. The first-order valence-corrected chi connectivity index (χ1v) is 8.46. The fourth-order valence-electron chi connectivity index (χ4n) is 2.39. The topological polar surface area (TPSA) is 79.8 Å². The van der Waals surface area contributed by atoms with E-state index in [1.165, 1.54) is 0 Å². The van der Waals surface area contributed by atoms with E-state index in [2.05, 4.69) is 25.6 Å². The van der Waals surface area contributed by atoms with E-state index in [4.69, 9.17) is 11.6 Å². The molecule has 2 heterocycles. The third-order valence-corrected chi connectivity index (χ3v) is 3.91. The highest BCUT2D eigenvalue weighted by Gasteiger charge is 2.11. The number of benzene rings is 1. The molecular formula is C19H18ClN5O. The van der Waals surface area contributed by atoms with Gasteiger partial charge in [0.15, 0.2) is 0 Å². The molecule has 132 valence electrons. The van der Waals surface area contributed by atoms with E-state index in [1.807, 2.05) is 44.2 Å². The van der Waals surface area contributed by atoms with E-state index in [0.29, 0.717) is 28.9 Å². The van der Waals surface area contributed by atoms with Gasteiger partial charge < -0.3 is 10.6 Å². The minimum atomic E-state index is -0.281. The Labute approximate surface area is 156 Å². The molecule has 0 saturated carbocycles. The summed E-state index contributed by atoms with van der Waals surface area (Å²) in [5.74, 6) is 0.0791. The summed E-state index contributed by atoms with van der Waals surface area (Å²) in [5.41, 5.74) is 3.56. The standard InChI is InChI=1S/C19H18ClN5O/c1-12-9-14(20)6-7-16(12)24-19-23-13(2)10-17(25-19)18(26)22-11-15-5-3-4-8-21-15/h3-10H,11H2,1-2H3,(H,22,26)(H,23,24,25). The summed E-state index contributed by atoms with van der Waals surface area (Å²) in [5, 5.41) is 6.61. The second kappa shape index (κ2) is 7.93. The lowest BCUT2D eigenvalue weighted by molar-refractivity contribution is 0.0945. The van der Waals surface area contributed by atoms with Crippen molar-refractivity contribution < 1.29 is 4.79 Å². The highest BCUT2D eigenvalue weighted by atomic mass is 35.5. The Kier molecular flexibility index (Phi) is 5.43. The molecule has 6 nitrogen and oxygen atoms in total. The number of carbonyl (C=O) groups excluding carboxylic acids is 1. The van der Waals surface area contributed by atoms with Crippen molar-refractivity contribution in [1.29, 1.82) is 0 Å². The molecule has 0 unspecified atom stereocenters. The van der Waals surface area contributed by atoms with Gasteiger partial charge in [0.05, 0.1) is 12.2 Å². The van der Waals surface area contributed by atoms with Crippen molar-refractivity contribution in [3.8, 4) is 0 Å². The van der Waals surface area contributed by atoms with Crippen LogP contribution in [0.3, 0.4) is 0 Å². The molecule has 0 radical (unpaired) electrons. The Morgan fingerprint density at radius 2 is 1.96 bits per heavy atom. The van der Waals surface area contributed by atoms with Gasteiger partial charge in [-0.3, -0.25) is 9.78 Å². The minimum absolute atomic E-state index is 0.281. The number of nitrogens with zero attached hydrogens (tertiary/aromatic N) is 3. The molecule has 0 atom stereocenters. The van der Waals surface area contributed by atoms with E-state index in [1.54, 1.807) is 18.3 Å². The Morgan fingerprint density at radius 1 is 1.12 bits per heavy atom. The van der Waals surface area contributed by atoms with Crippen molar-refractivity contribution >= 4 is 29.1 Å². The minimum Gasteiger partial charge on any atom is -0.345 e. The third-order valence-electron chi connectivity index (χ3n) is 3.68. The zero-order valence-corrected chi connectivity index (χ0v) is 15.2. The van der Waals surface area contributed by atoms with Crippen LogP contribution in [0.4, 0.5) is 11.6 Å². The molecule has 0 fully saturated rings. The molecule has 2 aromatic heterocycles. The van der Waals surface area contributed by atoms with Crippen LogP contribution in [-0.2, 0) is 6.54 Å². The number of anilines is 2. The molecule has 2 N–H and O–H groups in total. The van der Waals surface area contributed by atoms with Crippen LogP contribution < -0.4 is 10.6 Å². The number of hydrogen-bond acceptors (Lipinski definition) is 5. The number of carbonyl (C=O) groups is 1. The molecule has 0 spiro atoms. The maximum atomic E-state index is 12.4. The number of rotatable bonds is 5. The molecule has 1 aromatic carbocycles. The van der Waals surface area contributed by atoms with Gasteiger partial charge in [0.25, 0.3) is 5.91 Å². The number of amides is 1. The van der Waals surface area contributed by atoms with E-state index < -0.39 is 0 Å². The first-order valence-electron chi connectivity index (χ1n) is 8.08. The van der Waals surface area contributed by atoms with Crippen molar-refractivity contribution in [2.75, 3.05) is 5.32 Å². The average molecular weight is 368 g/mol. The quantitative estimate of drug-likeness (QED) is 0.716. The number of pyridine rings is 1. The maximum absolute atomic E-state index is 12.4.